The molecule has 1 atom stereocenters. The third kappa shape index (κ3) is 5.84. The molecule has 0 radical (unpaired) electrons. The van der Waals surface area contributed by atoms with Crippen molar-refractivity contribution in [1.29, 1.82) is 0 Å². The summed E-state index contributed by atoms with van der Waals surface area (Å²) in [5.41, 5.74) is 8.19. The molecule has 34 heavy (non-hydrogen) atoms. The molecule has 1 fully saturated rings. The maximum Gasteiger partial charge on any atom is 0.125 e. The number of hydrogen-bond acceptors (Lipinski definition) is 4. The van der Waals surface area contributed by atoms with Crippen LogP contribution in [0, 0.1) is 5.92 Å². The third-order valence-electron chi connectivity index (χ3n) is 7.35. The molecule has 0 amide bonds. The number of likely N-dealkylation sites (tertiary alicyclic amines) is 1. The van der Waals surface area contributed by atoms with Crippen molar-refractivity contribution in [3.05, 3.63) is 64.2 Å². The zero-order valence-corrected chi connectivity index (χ0v) is 21.7. The van der Waals surface area contributed by atoms with E-state index in [1.165, 1.54) is 41.6 Å². The van der Waals surface area contributed by atoms with Crippen LogP contribution in [-0.4, -0.2) is 44.9 Å². The van der Waals surface area contributed by atoms with E-state index in [0.29, 0.717) is 18.6 Å². The van der Waals surface area contributed by atoms with Crippen LogP contribution in [0.15, 0.2) is 42.0 Å². The van der Waals surface area contributed by atoms with Crippen molar-refractivity contribution in [2.45, 2.75) is 65.5 Å². The number of methoxy groups -OCH3 is 2. The summed E-state index contributed by atoms with van der Waals surface area (Å²) in [6, 6.07) is 13.7. The Balaban J connectivity index is 1.43. The summed E-state index contributed by atoms with van der Waals surface area (Å²) < 4.78 is 17.3. The van der Waals surface area contributed by atoms with Gasteiger partial charge in [0.25, 0.3) is 0 Å². The predicted molar refractivity (Wildman–Crippen MR) is 140 cm³/mol. The Morgan fingerprint density at radius 2 is 1.91 bits per heavy atom. The number of allylic oxidation sites excluding steroid dienone is 1. The van der Waals surface area contributed by atoms with E-state index in [-0.39, 0.29) is 0 Å². The highest BCUT2D eigenvalue weighted by Crippen LogP contribution is 2.35. The smallest absolute Gasteiger partial charge is 0.125 e. The average molecular weight is 464 g/mol. The molecule has 0 bridgehead atoms. The van der Waals surface area contributed by atoms with E-state index in [9.17, 15) is 0 Å². The van der Waals surface area contributed by atoms with Gasteiger partial charge in [-0.05, 0) is 92.0 Å². The molecule has 4 heteroatoms. The lowest BCUT2D eigenvalue weighted by molar-refractivity contribution is 0.120. The molecule has 4 rings (SSSR count). The number of benzene rings is 2. The number of nitrogens with zero attached hydrogens (tertiary/aromatic N) is 1. The number of aryl methyl sites for hydroxylation is 1. The van der Waals surface area contributed by atoms with Crippen LogP contribution in [0.1, 0.15) is 62.3 Å². The van der Waals surface area contributed by atoms with Gasteiger partial charge < -0.3 is 14.2 Å². The highest BCUT2D eigenvalue weighted by atomic mass is 16.5. The van der Waals surface area contributed by atoms with Crippen LogP contribution in [-0.2, 0) is 24.2 Å². The molecule has 1 saturated heterocycles. The van der Waals surface area contributed by atoms with Crippen LogP contribution in [0.2, 0.25) is 0 Å². The number of rotatable bonds is 10. The van der Waals surface area contributed by atoms with Crippen molar-refractivity contribution in [2.24, 2.45) is 5.92 Å². The van der Waals surface area contributed by atoms with E-state index in [1.54, 1.807) is 12.7 Å². The zero-order chi connectivity index (χ0) is 24.1. The van der Waals surface area contributed by atoms with Gasteiger partial charge in [-0.25, -0.2) is 0 Å². The standard InChI is InChI=1S/C30H41NO3/c1-21(2)15-23-8-9-26(30(16-23)33-5)19-34-28-12-13-29-22(3)25(11-10-24(29)17-28)18-31-14-6-7-27(31)20-32-4/h8-9,12-13,16-17,21,27H,6-7,10-11,14-15,18-20H2,1-5H3/t27-/m0/s1. The van der Waals surface area contributed by atoms with Gasteiger partial charge in [-0.15, -0.1) is 0 Å². The summed E-state index contributed by atoms with van der Waals surface area (Å²) in [6.07, 6.45) is 5.80. The number of fused-ring (bicyclic) bond motifs is 1. The summed E-state index contributed by atoms with van der Waals surface area (Å²) in [4.78, 5) is 2.62. The molecule has 2 aliphatic rings. The van der Waals surface area contributed by atoms with Gasteiger partial charge in [-0.3, -0.25) is 4.90 Å². The summed E-state index contributed by atoms with van der Waals surface area (Å²) in [6.45, 7) is 10.4. The van der Waals surface area contributed by atoms with E-state index in [1.807, 2.05) is 7.11 Å². The van der Waals surface area contributed by atoms with Crippen LogP contribution < -0.4 is 9.47 Å². The maximum absolute atomic E-state index is 6.21. The molecule has 2 aromatic rings. The monoisotopic (exact) mass is 463 g/mol. The average Bonchev–Trinajstić information content (AvgIpc) is 3.26. The Hall–Kier alpha value is -2.30. The molecule has 0 saturated carbocycles. The Morgan fingerprint density at radius 1 is 1.06 bits per heavy atom. The molecule has 0 spiro atoms. The van der Waals surface area contributed by atoms with Gasteiger partial charge in [0, 0.05) is 25.3 Å². The molecule has 1 heterocycles. The first-order chi connectivity index (χ1) is 16.5. The zero-order valence-electron chi connectivity index (χ0n) is 21.7. The first-order valence-electron chi connectivity index (χ1n) is 12.8. The molecule has 2 aromatic carbocycles. The molecule has 1 aliphatic heterocycles. The number of hydrogen-bond donors (Lipinski definition) is 0. The van der Waals surface area contributed by atoms with Gasteiger partial charge in [0.2, 0.25) is 0 Å². The summed E-state index contributed by atoms with van der Waals surface area (Å²) in [5.74, 6) is 2.47. The summed E-state index contributed by atoms with van der Waals surface area (Å²) in [7, 11) is 3.55. The van der Waals surface area contributed by atoms with Crippen molar-refractivity contribution >= 4 is 5.57 Å². The van der Waals surface area contributed by atoms with E-state index in [4.69, 9.17) is 14.2 Å². The third-order valence-corrected chi connectivity index (χ3v) is 7.35. The normalized spacial score (nSPS) is 18.5. The highest BCUT2D eigenvalue weighted by molar-refractivity contribution is 5.72. The fourth-order valence-corrected chi connectivity index (χ4v) is 5.49. The van der Waals surface area contributed by atoms with Crippen LogP contribution >= 0.6 is 0 Å². The second-order valence-corrected chi connectivity index (χ2v) is 10.3. The Morgan fingerprint density at radius 3 is 2.68 bits per heavy atom. The Bertz CT molecular complexity index is 1010. The SMILES string of the molecule is COC[C@@H]1CCCN1CC1=C(C)c2ccc(OCc3ccc(CC(C)C)cc3OC)cc2CC1. The first-order valence-corrected chi connectivity index (χ1v) is 12.8. The van der Waals surface area contributed by atoms with Gasteiger partial charge in [0.05, 0.1) is 13.7 Å². The summed E-state index contributed by atoms with van der Waals surface area (Å²) >= 11 is 0. The lowest BCUT2D eigenvalue weighted by atomic mass is 9.86. The van der Waals surface area contributed by atoms with Crippen LogP contribution in [0.4, 0.5) is 0 Å². The molecule has 1 aliphatic carbocycles. The molecular weight excluding hydrogens is 422 g/mol. The van der Waals surface area contributed by atoms with Crippen LogP contribution in [0.5, 0.6) is 11.5 Å². The van der Waals surface area contributed by atoms with Gasteiger partial charge >= 0.3 is 0 Å². The van der Waals surface area contributed by atoms with E-state index < -0.39 is 0 Å². The molecular formula is C30H41NO3. The summed E-state index contributed by atoms with van der Waals surface area (Å²) in [5, 5.41) is 0. The van der Waals surface area contributed by atoms with E-state index >= 15 is 0 Å². The quantitative estimate of drug-likeness (QED) is 0.413. The first kappa shape index (κ1) is 24.8. The Labute approximate surface area is 205 Å². The molecule has 4 nitrogen and oxygen atoms in total. The minimum absolute atomic E-state index is 0.514. The predicted octanol–water partition coefficient (Wildman–Crippen LogP) is 6.30. The largest absolute Gasteiger partial charge is 0.496 e. The van der Waals surface area contributed by atoms with Crippen molar-refractivity contribution in [1.82, 2.24) is 4.90 Å². The van der Waals surface area contributed by atoms with Crippen molar-refractivity contribution < 1.29 is 14.2 Å². The van der Waals surface area contributed by atoms with Gasteiger partial charge in [-0.2, -0.15) is 0 Å². The topological polar surface area (TPSA) is 30.9 Å². The second kappa shape index (κ2) is 11.4. The van der Waals surface area contributed by atoms with E-state index in [0.717, 1.165) is 49.5 Å². The Kier molecular flexibility index (Phi) is 8.33. The van der Waals surface area contributed by atoms with Gasteiger partial charge in [0.1, 0.15) is 18.1 Å². The maximum atomic E-state index is 6.21. The molecule has 0 aromatic heterocycles. The van der Waals surface area contributed by atoms with Crippen LogP contribution in [0.3, 0.4) is 0 Å². The highest BCUT2D eigenvalue weighted by Gasteiger charge is 2.27. The fourth-order valence-electron chi connectivity index (χ4n) is 5.49. The molecule has 0 unspecified atom stereocenters. The minimum Gasteiger partial charge on any atom is -0.496 e. The van der Waals surface area contributed by atoms with Crippen LogP contribution in [0.25, 0.3) is 5.57 Å². The lowest BCUT2D eigenvalue weighted by Gasteiger charge is -2.29. The fraction of sp³-hybridized carbons (Fsp3) is 0.533. The van der Waals surface area contributed by atoms with Crippen molar-refractivity contribution in [3.8, 4) is 11.5 Å². The van der Waals surface area contributed by atoms with Gasteiger partial charge in [-0.1, -0.05) is 37.6 Å². The molecule has 0 N–H and O–H groups in total. The lowest BCUT2D eigenvalue weighted by Crippen LogP contribution is -2.35. The van der Waals surface area contributed by atoms with Crippen molar-refractivity contribution in [2.75, 3.05) is 33.9 Å². The van der Waals surface area contributed by atoms with Crippen molar-refractivity contribution in [3.63, 3.8) is 0 Å². The minimum atomic E-state index is 0.514. The molecule has 184 valence electrons. The number of ether oxygens (including phenoxy) is 3. The second-order valence-electron chi connectivity index (χ2n) is 10.3. The van der Waals surface area contributed by atoms with Gasteiger partial charge in [0.15, 0.2) is 0 Å². The van der Waals surface area contributed by atoms with E-state index in [2.05, 4.69) is 62.1 Å².